The Labute approximate surface area is 114 Å². The molecule has 0 amide bonds. The summed E-state index contributed by atoms with van der Waals surface area (Å²) in [6.45, 7) is 1.75. The molecule has 0 aliphatic carbocycles. The lowest BCUT2D eigenvalue weighted by molar-refractivity contribution is -0.385. The minimum absolute atomic E-state index is 0.0471. The predicted octanol–water partition coefficient (Wildman–Crippen LogP) is 2.08. The first-order valence-electron chi connectivity index (χ1n) is 5.61. The number of ether oxygens (including phenoxy) is 2. The van der Waals surface area contributed by atoms with E-state index in [4.69, 9.17) is 15.2 Å². The molecule has 0 spiro atoms. The fraction of sp³-hybridized carbons (Fsp3) is 0.167. The summed E-state index contributed by atoms with van der Waals surface area (Å²) >= 11 is 0. The maximum absolute atomic E-state index is 11.0. The first-order valence-corrected chi connectivity index (χ1v) is 5.61. The molecule has 0 fully saturated rings. The molecule has 0 saturated heterocycles. The van der Waals surface area contributed by atoms with Gasteiger partial charge in [-0.1, -0.05) is 6.07 Å². The second kappa shape index (κ2) is 5.39. The van der Waals surface area contributed by atoms with Crippen molar-refractivity contribution < 1.29 is 14.4 Å². The summed E-state index contributed by atoms with van der Waals surface area (Å²) in [6.07, 6.45) is 0. The molecule has 104 valence electrons. The number of nitrogens with two attached hydrogens (primary N) is 1. The van der Waals surface area contributed by atoms with Crippen LogP contribution in [-0.4, -0.2) is 22.0 Å². The molecular formula is C12H12N4O4. The van der Waals surface area contributed by atoms with Crippen molar-refractivity contribution in [2.75, 3.05) is 12.8 Å². The maximum atomic E-state index is 11.0. The van der Waals surface area contributed by atoms with Crippen LogP contribution in [0.25, 0.3) is 0 Å². The first kappa shape index (κ1) is 13.5. The number of aryl methyl sites for hydroxylation is 1. The highest BCUT2D eigenvalue weighted by Crippen LogP contribution is 2.32. The number of anilines is 1. The number of benzene rings is 1. The van der Waals surface area contributed by atoms with Crippen LogP contribution in [0.2, 0.25) is 0 Å². The molecule has 0 aliphatic rings. The quantitative estimate of drug-likeness (QED) is 0.671. The van der Waals surface area contributed by atoms with Crippen LogP contribution in [-0.2, 0) is 0 Å². The van der Waals surface area contributed by atoms with E-state index in [0.29, 0.717) is 0 Å². The smallest absolute Gasteiger partial charge is 0.311 e. The molecule has 1 aromatic carbocycles. The average Bonchev–Trinajstić information content (AvgIpc) is 2.40. The van der Waals surface area contributed by atoms with E-state index < -0.39 is 4.92 Å². The van der Waals surface area contributed by atoms with Crippen molar-refractivity contribution in [3.63, 3.8) is 0 Å². The van der Waals surface area contributed by atoms with E-state index in [9.17, 15) is 10.1 Å². The minimum Gasteiger partial charge on any atom is -0.481 e. The Balaban J connectivity index is 2.39. The molecule has 1 heterocycles. The molecule has 2 N–H and O–H groups in total. The SMILES string of the molecule is COc1cc(Oc2ccc(C)cc2[N+](=O)[O-])nc(N)n1. The Morgan fingerprint density at radius 1 is 1.25 bits per heavy atom. The Kier molecular flexibility index (Phi) is 3.65. The lowest BCUT2D eigenvalue weighted by Gasteiger charge is -2.07. The molecular weight excluding hydrogens is 264 g/mol. The lowest BCUT2D eigenvalue weighted by Crippen LogP contribution is -2.00. The van der Waals surface area contributed by atoms with Crippen molar-refractivity contribution in [3.05, 3.63) is 39.9 Å². The third-order valence-corrected chi connectivity index (χ3v) is 2.43. The minimum atomic E-state index is -0.524. The van der Waals surface area contributed by atoms with Gasteiger partial charge in [-0.05, 0) is 18.6 Å². The van der Waals surface area contributed by atoms with E-state index in [1.807, 2.05) is 0 Å². The Bertz CT molecular complexity index is 660. The van der Waals surface area contributed by atoms with Gasteiger partial charge < -0.3 is 15.2 Å². The van der Waals surface area contributed by atoms with Crippen LogP contribution < -0.4 is 15.2 Å². The number of nitrogen functional groups attached to an aromatic ring is 1. The van der Waals surface area contributed by atoms with Gasteiger partial charge in [-0.3, -0.25) is 10.1 Å². The lowest BCUT2D eigenvalue weighted by atomic mass is 10.2. The fourth-order valence-electron chi connectivity index (χ4n) is 1.55. The van der Waals surface area contributed by atoms with Crippen molar-refractivity contribution in [1.82, 2.24) is 9.97 Å². The largest absolute Gasteiger partial charge is 0.481 e. The number of nitro benzene ring substituents is 1. The molecule has 1 aromatic heterocycles. The van der Waals surface area contributed by atoms with Crippen molar-refractivity contribution >= 4 is 11.6 Å². The molecule has 8 nitrogen and oxygen atoms in total. The van der Waals surface area contributed by atoms with Crippen LogP contribution in [0.15, 0.2) is 24.3 Å². The summed E-state index contributed by atoms with van der Waals surface area (Å²) in [5, 5.41) is 11.0. The zero-order valence-electron chi connectivity index (χ0n) is 10.9. The standard InChI is InChI=1S/C12H12N4O4/c1-7-3-4-9(8(5-7)16(17)18)20-11-6-10(19-2)14-12(13)15-11/h3-6H,1-2H3,(H2,13,14,15). The second-order valence-corrected chi connectivity index (χ2v) is 3.94. The number of hydrogen-bond acceptors (Lipinski definition) is 7. The molecule has 8 heteroatoms. The Hall–Kier alpha value is -2.90. The molecule has 0 radical (unpaired) electrons. The van der Waals surface area contributed by atoms with Gasteiger partial charge in [0, 0.05) is 6.07 Å². The molecule has 0 saturated carbocycles. The molecule has 20 heavy (non-hydrogen) atoms. The van der Waals surface area contributed by atoms with Crippen molar-refractivity contribution in [2.24, 2.45) is 0 Å². The number of hydrogen-bond donors (Lipinski definition) is 1. The molecule has 0 bridgehead atoms. The topological polar surface area (TPSA) is 113 Å². The van der Waals surface area contributed by atoms with Gasteiger partial charge in [-0.2, -0.15) is 9.97 Å². The summed E-state index contributed by atoms with van der Waals surface area (Å²) in [5.41, 5.74) is 6.10. The van der Waals surface area contributed by atoms with Crippen LogP contribution in [0.3, 0.4) is 0 Å². The van der Waals surface area contributed by atoms with E-state index in [-0.39, 0.29) is 29.1 Å². The summed E-state index contributed by atoms with van der Waals surface area (Å²) in [5.74, 6) is 0.304. The van der Waals surface area contributed by atoms with E-state index in [1.165, 1.54) is 25.3 Å². The van der Waals surface area contributed by atoms with E-state index >= 15 is 0 Å². The van der Waals surface area contributed by atoms with Gasteiger partial charge >= 0.3 is 5.69 Å². The normalized spacial score (nSPS) is 10.1. The van der Waals surface area contributed by atoms with Crippen LogP contribution in [0.1, 0.15) is 5.56 Å². The predicted molar refractivity (Wildman–Crippen MR) is 70.9 cm³/mol. The molecule has 0 unspecified atom stereocenters. The second-order valence-electron chi connectivity index (χ2n) is 3.94. The molecule has 2 rings (SSSR count). The third kappa shape index (κ3) is 2.91. The van der Waals surface area contributed by atoms with Crippen molar-refractivity contribution in [2.45, 2.75) is 6.92 Å². The Morgan fingerprint density at radius 2 is 1.95 bits per heavy atom. The zero-order valence-corrected chi connectivity index (χ0v) is 10.9. The van der Waals surface area contributed by atoms with Gasteiger partial charge in [0.1, 0.15) is 0 Å². The van der Waals surface area contributed by atoms with Crippen molar-refractivity contribution in [3.8, 4) is 17.5 Å². The van der Waals surface area contributed by atoms with Crippen LogP contribution in [0.4, 0.5) is 11.6 Å². The maximum Gasteiger partial charge on any atom is 0.311 e. The van der Waals surface area contributed by atoms with Gasteiger partial charge in [-0.15, -0.1) is 0 Å². The van der Waals surface area contributed by atoms with Crippen LogP contribution in [0.5, 0.6) is 17.5 Å². The van der Waals surface area contributed by atoms with Gasteiger partial charge in [0.15, 0.2) is 0 Å². The van der Waals surface area contributed by atoms with Gasteiger partial charge in [0.25, 0.3) is 0 Å². The Morgan fingerprint density at radius 3 is 2.60 bits per heavy atom. The summed E-state index contributed by atoms with van der Waals surface area (Å²) in [7, 11) is 1.42. The highest BCUT2D eigenvalue weighted by atomic mass is 16.6. The number of methoxy groups -OCH3 is 1. The van der Waals surface area contributed by atoms with Crippen LogP contribution >= 0.6 is 0 Å². The number of rotatable bonds is 4. The number of nitro groups is 1. The van der Waals surface area contributed by atoms with Crippen LogP contribution in [0, 0.1) is 17.0 Å². The van der Waals surface area contributed by atoms with E-state index in [1.54, 1.807) is 13.0 Å². The van der Waals surface area contributed by atoms with E-state index in [2.05, 4.69) is 9.97 Å². The highest BCUT2D eigenvalue weighted by Gasteiger charge is 2.17. The van der Waals surface area contributed by atoms with Gasteiger partial charge in [-0.25, -0.2) is 0 Å². The zero-order chi connectivity index (χ0) is 14.7. The fourth-order valence-corrected chi connectivity index (χ4v) is 1.55. The van der Waals surface area contributed by atoms with E-state index in [0.717, 1.165) is 5.56 Å². The summed E-state index contributed by atoms with van der Waals surface area (Å²) in [6, 6.07) is 6.00. The summed E-state index contributed by atoms with van der Waals surface area (Å²) in [4.78, 5) is 18.1. The summed E-state index contributed by atoms with van der Waals surface area (Å²) < 4.78 is 10.3. The molecule has 0 atom stereocenters. The first-order chi connectivity index (χ1) is 9.49. The third-order valence-electron chi connectivity index (χ3n) is 2.43. The number of nitrogens with zero attached hydrogens (tertiary/aromatic N) is 3. The highest BCUT2D eigenvalue weighted by molar-refractivity contribution is 5.50. The van der Waals surface area contributed by atoms with Gasteiger partial charge in [0.2, 0.25) is 23.5 Å². The van der Waals surface area contributed by atoms with Crippen molar-refractivity contribution in [1.29, 1.82) is 0 Å². The monoisotopic (exact) mass is 276 g/mol. The molecule has 2 aromatic rings. The number of aromatic nitrogens is 2. The molecule has 0 aliphatic heterocycles. The average molecular weight is 276 g/mol. The van der Waals surface area contributed by atoms with Gasteiger partial charge in [0.05, 0.1) is 18.1 Å².